The molecule has 1 saturated heterocycles. The zero-order chi connectivity index (χ0) is 25.2. The van der Waals surface area contributed by atoms with Crippen LogP contribution >= 0.6 is 0 Å². The molecular formula is C29H29F2N3O2. The van der Waals surface area contributed by atoms with E-state index in [-0.39, 0.29) is 29.8 Å². The van der Waals surface area contributed by atoms with Gasteiger partial charge in [-0.1, -0.05) is 54.6 Å². The fraction of sp³-hybridized carbons (Fsp3) is 0.379. The molecule has 2 heterocycles. The quantitative estimate of drug-likeness (QED) is 0.568. The van der Waals surface area contributed by atoms with E-state index < -0.39 is 17.4 Å². The summed E-state index contributed by atoms with van der Waals surface area (Å²) in [5, 5.41) is 4.15. The molecule has 2 atom stereocenters. The molecule has 5 nitrogen and oxygen atoms in total. The topological polar surface area (TPSA) is 52.7 Å². The van der Waals surface area contributed by atoms with E-state index in [2.05, 4.69) is 5.32 Å². The van der Waals surface area contributed by atoms with Gasteiger partial charge in [-0.05, 0) is 47.7 Å². The third kappa shape index (κ3) is 3.15. The van der Waals surface area contributed by atoms with Gasteiger partial charge >= 0.3 is 0 Å². The van der Waals surface area contributed by atoms with E-state index in [1.807, 2.05) is 65.3 Å². The minimum Gasteiger partial charge on any atom is -0.359 e. The Balaban J connectivity index is 1.27. The van der Waals surface area contributed by atoms with Crippen LogP contribution in [0.25, 0.3) is 10.8 Å². The number of amides is 2. The molecule has 1 unspecified atom stereocenters. The molecule has 3 aromatic rings. The molecule has 0 radical (unpaired) electrons. The van der Waals surface area contributed by atoms with Gasteiger partial charge in [0.15, 0.2) is 0 Å². The average Bonchev–Trinajstić information content (AvgIpc) is 3.25. The fourth-order valence-corrected chi connectivity index (χ4v) is 6.63. The summed E-state index contributed by atoms with van der Waals surface area (Å²) in [6, 6.07) is 17.2. The SMILES string of the molecule is CNC(=O)C[C@]1(C)C(=O)N(C2CCN(C3c4cccc5cccc(c45)C3(F)F)CC2)c2ccccc21. The average molecular weight is 490 g/mol. The number of fused-ring (bicyclic) bond motifs is 1. The molecule has 36 heavy (non-hydrogen) atoms. The minimum atomic E-state index is -2.97. The highest BCUT2D eigenvalue weighted by Gasteiger charge is 2.54. The molecule has 1 N–H and O–H groups in total. The smallest absolute Gasteiger partial charge is 0.293 e. The number of benzene rings is 3. The van der Waals surface area contributed by atoms with Gasteiger partial charge in [0.2, 0.25) is 11.8 Å². The number of piperidine rings is 1. The summed E-state index contributed by atoms with van der Waals surface area (Å²) in [7, 11) is 1.57. The standard InChI is InChI=1S/C29H29F2N3O2/c1-28(17-24(35)32-2)21-10-3-4-12-23(21)34(27(28)36)19-13-15-33(16-14-19)26-20-9-5-7-18-8-6-11-22(25(18)20)29(26,30)31/h3-12,19,26H,13-17H2,1-2H3,(H,32,35)/t26?,28-/m0/s1. The number of nitrogens with one attached hydrogen (secondary N) is 1. The van der Waals surface area contributed by atoms with Crippen molar-refractivity contribution in [3.05, 3.63) is 77.4 Å². The monoisotopic (exact) mass is 489 g/mol. The Kier molecular flexibility index (Phi) is 5.20. The van der Waals surface area contributed by atoms with Gasteiger partial charge < -0.3 is 10.2 Å². The molecule has 1 fully saturated rings. The highest BCUT2D eigenvalue weighted by Crippen LogP contribution is 2.55. The van der Waals surface area contributed by atoms with Crippen molar-refractivity contribution in [1.82, 2.24) is 10.2 Å². The van der Waals surface area contributed by atoms with Gasteiger partial charge in [0.1, 0.15) is 6.04 Å². The van der Waals surface area contributed by atoms with Gasteiger partial charge in [0, 0.05) is 43.9 Å². The van der Waals surface area contributed by atoms with Gasteiger partial charge in [-0.3, -0.25) is 14.5 Å². The Morgan fingerprint density at radius 1 is 1.00 bits per heavy atom. The number of alkyl halides is 2. The molecule has 0 aromatic heterocycles. The van der Waals surface area contributed by atoms with Crippen molar-refractivity contribution in [1.29, 1.82) is 0 Å². The lowest BCUT2D eigenvalue weighted by Crippen LogP contribution is -2.51. The predicted octanol–water partition coefficient (Wildman–Crippen LogP) is 4.89. The highest BCUT2D eigenvalue weighted by molar-refractivity contribution is 6.10. The van der Waals surface area contributed by atoms with Crippen LogP contribution in [0.1, 0.15) is 48.9 Å². The number of hydrogen-bond acceptors (Lipinski definition) is 3. The Morgan fingerprint density at radius 2 is 1.67 bits per heavy atom. The van der Waals surface area contributed by atoms with Gasteiger partial charge in [0.25, 0.3) is 5.92 Å². The van der Waals surface area contributed by atoms with Crippen LogP contribution in [-0.2, 0) is 20.9 Å². The van der Waals surface area contributed by atoms with Crippen molar-refractivity contribution in [3.63, 3.8) is 0 Å². The molecule has 3 aromatic carbocycles. The van der Waals surface area contributed by atoms with Crippen molar-refractivity contribution in [3.8, 4) is 0 Å². The minimum absolute atomic E-state index is 0.0747. The molecule has 1 aliphatic carbocycles. The second-order valence-corrected chi connectivity index (χ2v) is 10.4. The molecule has 7 heteroatoms. The first kappa shape index (κ1) is 23.1. The largest absolute Gasteiger partial charge is 0.359 e. The number of carbonyl (C=O) groups is 2. The Bertz CT molecular complexity index is 1380. The number of carbonyl (C=O) groups excluding carboxylic acids is 2. The number of rotatable bonds is 4. The number of para-hydroxylation sites is 1. The third-order valence-electron chi connectivity index (χ3n) is 8.41. The van der Waals surface area contributed by atoms with Gasteiger partial charge in [0.05, 0.1) is 5.41 Å². The summed E-state index contributed by atoms with van der Waals surface area (Å²) in [6.07, 6.45) is 1.26. The van der Waals surface area contributed by atoms with E-state index in [9.17, 15) is 9.59 Å². The van der Waals surface area contributed by atoms with Crippen LogP contribution < -0.4 is 10.2 Å². The maximum atomic E-state index is 15.7. The first-order valence-electron chi connectivity index (χ1n) is 12.5. The van der Waals surface area contributed by atoms with Crippen LogP contribution in [0.5, 0.6) is 0 Å². The van der Waals surface area contributed by atoms with E-state index in [0.717, 1.165) is 16.6 Å². The van der Waals surface area contributed by atoms with Crippen molar-refractivity contribution >= 4 is 28.3 Å². The van der Waals surface area contributed by atoms with Crippen LogP contribution in [0.2, 0.25) is 0 Å². The number of likely N-dealkylation sites (tertiary alicyclic amines) is 1. The molecule has 6 rings (SSSR count). The summed E-state index contributed by atoms with van der Waals surface area (Å²) in [5.74, 6) is -3.25. The molecule has 2 amide bonds. The van der Waals surface area contributed by atoms with E-state index in [0.29, 0.717) is 36.9 Å². The lowest BCUT2D eigenvalue weighted by Gasteiger charge is -2.41. The number of halogens is 2. The zero-order valence-electron chi connectivity index (χ0n) is 20.4. The first-order valence-corrected chi connectivity index (χ1v) is 12.5. The molecule has 3 aliphatic rings. The molecule has 0 bridgehead atoms. The maximum Gasteiger partial charge on any atom is 0.293 e. The highest BCUT2D eigenvalue weighted by atomic mass is 19.3. The van der Waals surface area contributed by atoms with E-state index >= 15 is 8.78 Å². The van der Waals surface area contributed by atoms with Crippen molar-refractivity contribution in [2.24, 2.45) is 0 Å². The predicted molar refractivity (Wildman–Crippen MR) is 135 cm³/mol. The molecule has 186 valence electrons. The van der Waals surface area contributed by atoms with Crippen molar-refractivity contribution in [2.45, 2.75) is 49.6 Å². The van der Waals surface area contributed by atoms with Crippen molar-refractivity contribution < 1.29 is 18.4 Å². The Morgan fingerprint density at radius 3 is 2.39 bits per heavy atom. The van der Waals surface area contributed by atoms with Gasteiger partial charge in [-0.25, -0.2) is 0 Å². The van der Waals surface area contributed by atoms with Crippen LogP contribution in [0.15, 0.2) is 60.7 Å². The van der Waals surface area contributed by atoms with Crippen LogP contribution in [0.3, 0.4) is 0 Å². The van der Waals surface area contributed by atoms with E-state index in [4.69, 9.17) is 0 Å². The van der Waals surface area contributed by atoms with Crippen LogP contribution in [-0.4, -0.2) is 42.9 Å². The number of nitrogens with zero attached hydrogens (tertiary/aromatic N) is 2. The molecular weight excluding hydrogens is 460 g/mol. The molecule has 0 spiro atoms. The van der Waals surface area contributed by atoms with E-state index in [1.165, 1.54) is 0 Å². The summed E-state index contributed by atoms with van der Waals surface area (Å²) < 4.78 is 31.5. The van der Waals surface area contributed by atoms with Crippen LogP contribution in [0, 0.1) is 0 Å². The van der Waals surface area contributed by atoms with E-state index in [1.54, 1.807) is 19.2 Å². The molecule has 2 aliphatic heterocycles. The zero-order valence-corrected chi connectivity index (χ0v) is 20.4. The lowest BCUT2D eigenvalue weighted by atomic mass is 9.80. The van der Waals surface area contributed by atoms with Gasteiger partial charge in [-0.2, -0.15) is 8.78 Å². The fourth-order valence-electron chi connectivity index (χ4n) is 6.63. The lowest BCUT2D eigenvalue weighted by molar-refractivity contribution is -0.129. The van der Waals surface area contributed by atoms with Crippen molar-refractivity contribution in [2.75, 3.05) is 25.0 Å². The summed E-state index contributed by atoms with van der Waals surface area (Å²) in [5.41, 5.74) is 1.54. The second-order valence-electron chi connectivity index (χ2n) is 10.4. The Labute approximate surface area is 209 Å². The number of hydrogen-bond donors (Lipinski definition) is 1. The number of anilines is 1. The summed E-state index contributed by atoms with van der Waals surface area (Å²) in [6.45, 7) is 2.76. The maximum absolute atomic E-state index is 15.7. The van der Waals surface area contributed by atoms with Crippen LogP contribution in [0.4, 0.5) is 14.5 Å². The first-order chi connectivity index (χ1) is 17.3. The Hall–Kier alpha value is -3.32. The second kappa shape index (κ2) is 8.10. The normalized spacial score (nSPS) is 25.4. The summed E-state index contributed by atoms with van der Waals surface area (Å²) >= 11 is 0. The summed E-state index contributed by atoms with van der Waals surface area (Å²) in [4.78, 5) is 29.8. The third-order valence-corrected chi connectivity index (χ3v) is 8.41. The molecule has 0 saturated carbocycles. The van der Waals surface area contributed by atoms with Gasteiger partial charge in [-0.15, -0.1) is 0 Å².